The quantitative estimate of drug-likeness (QED) is 0.230. The number of aryl methyl sites for hydroxylation is 2. The van der Waals surface area contributed by atoms with E-state index in [1.165, 1.54) is 11.3 Å². The molecule has 9 nitrogen and oxygen atoms in total. The van der Waals surface area contributed by atoms with Gasteiger partial charge in [0.05, 0.1) is 17.4 Å². The van der Waals surface area contributed by atoms with Crippen LogP contribution in [0, 0.1) is 6.92 Å². The van der Waals surface area contributed by atoms with E-state index < -0.39 is 0 Å². The predicted molar refractivity (Wildman–Crippen MR) is 176 cm³/mol. The van der Waals surface area contributed by atoms with Crippen molar-refractivity contribution in [3.8, 4) is 0 Å². The van der Waals surface area contributed by atoms with E-state index in [0.717, 1.165) is 43.7 Å². The third-order valence-electron chi connectivity index (χ3n) is 8.46. The number of piperazine rings is 1. The first-order valence-electron chi connectivity index (χ1n) is 15.3. The first-order chi connectivity index (χ1) is 21.4. The molecule has 3 aromatic carbocycles. The van der Waals surface area contributed by atoms with Crippen LogP contribution in [0.2, 0.25) is 5.02 Å². The average Bonchev–Trinajstić information content (AvgIpc) is 3.45. The SMILES string of the molecule is Cc1cccc(N2CCN(CCCNC(=O)CCc3nnc4n(Cc5ccccc5Cl)c(=O)c5ccccc5n34)C[C@@H]2C)c1. The molecule has 1 amide bonds. The smallest absolute Gasteiger partial charge is 0.263 e. The normalized spacial score (nSPS) is 15.7. The van der Waals surface area contributed by atoms with Crippen molar-refractivity contribution < 1.29 is 4.79 Å². The van der Waals surface area contributed by atoms with E-state index in [1.54, 1.807) is 16.7 Å². The van der Waals surface area contributed by atoms with Crippen LogP contribution >= 0.6 is 11.6 Å². The number of benzene rings is 3. The number of anilines is 1. The van der Waals surface area contributed by atoms with Gasteiger partial charge in [0.2, 0.25) is 11.7 Å². The summed E-state index contributed by atoms with van der Waals surface area (Å²) in [5, 5.41) is 13.0. The summed E-state index contributed by atoms with van der Waals surface area (Å²) in [5.41, 5.74) is 3.96. The first kappa shape index (κ1) is 29.8. The zero-order valence-corrected chi connectivity index (χ0v) is 26.0. The van der Waals surface area contributed by atoms with Gasteiger partial charge in [-0.25, -0.2) is 0 Å². The molecule has 228 valence electrons. The molecule has 1 fully saturated rings. The Morgan fingerprint density at radius 1 is 1.02 bits per heavy atom. The lowest BCUT2D eigenvalue weighted by Crippen LogP contribution is -2.52. The second-order valence-electron chi connectivity index (χ2n) is 11.6. The van der Waals surface area contributed by atoms with Gasteiger partial charge in [-0.05, 0) is 68.3 Å². The highest BCUT2D eigenvalue weighted by Crippen LogP contribution is 2.22. The van der Waals surface area contributed by atoms with Gasteiger partial charge >= 0.3 is 0 Å². The lowest BCUT2D eigenvalue weighted by Gasteiger charge is -2.41. The fraction of sp³-hybridized carbons (Fsp3) is 0.353. The second-order valence-corrected chi connectivity index (χ2v) is 12.0. The number of fused-ring (bicyclic) bond motifs is 3. The highest BCUT2D eigenvalue weighted by atomic mass is 35.5. The summed E-state index contributed by atoms with van der Waals surface area (Å²) in [6, 6.07) is 24.0. The van der Waals surface area contributed by atoms with Crippen molar-refractivity contribution >= 4 is 39.9 Å². The van der Waals surface area contributed by atoms with Crippen molar-refractivity contribution in [1.82, 2.24) is 29.4 Å². The van der Waals surface area contributed by atoms with Gasteiger partial charge in [0.15, 0.2) is 0 Å². The molecule has 0 spiro atoms. The molecule has 2 aromatic heterocycles. The molecule has 1 aliphatic rings. The molecule has 1 aliphatic heterocycles. The number of halogens is 1. The lowest BCUT2D eigenvalue weighted by molar-refractivity contribution is -0.121. The number of nitrogens with zero attached hydrogens (tertiary/aromatic N) is 6. The molecule has 1 N–H and O–H groups in total. The molecule has 3 heterocycles. The van der Waals surface area contributed by atoms with E-state index in [0.29, 0.717) is 41.0 Å². The standard InChI is InChI=1S/C34H38ClN7O2/c1-24-9-7-11-27(21-24)40-20-19-39(22-25(40)2)18-8-17-36-32(43)16-15-31-37-38-34-41(23-26-10-3-5-13-29(26)35)33(44)28-12-4-6-14-30(28)42(31)34/h3-7,9-14,21,25H,8,15-20,22-23H2,1-2H3,(H,36,43)/t25-/m0/s1. The first-order valence-corrected chi connectivity index (χ1v) is 15.7. The Labute approximate surface area is 262 Å². The van der Waals surface area contributed by atoms with Crippen LogP contribution in [0.5, 0.6) is 0 Å². The Morgan fingerprint density at radius 3 is 2.66 bits per heavy atom. The Kier molecular flexibility index (Phi) is 8.95. The van der Waals surface area contributed by atoms with Crippen LogP contribution in [0.25, 0.3) is 16.7 Å². The number of nitrogens with one attached hydrogen (secondary N) is 1. The summed E-state index contributed by atoms with van der Waals surface area (Å²) in [4.78, 5) is 31.3. The number of hydrogen-bond acceptors (Lipinski definition) is 6. The largest absolute Gasteiger partial charge is 0.366 e. The van der Waals surface area contributed by atoms with Gasteiger partial charge in [0.1, 0.15) is 5.82 Å². The number of para-hydroxylation sites is 1. The minimum Gasteiger partial charge on any atom is -0.366 e. The van der Waals surface area contributed by atoms with Gasteiger partial charge in [-0.15, -0.1) is 10.2 Å². The molecule has 5 aromatic rings. The van der Waals surface area contributed by atoms with E-state index in [2.05, 4.69) is 63.4 Å². The van der Waals surface area contributed by atoms with Gasteiger partial charge < -0.3 is 10.2 Å². The van der Waals surface area contributed by atoms with Crippen molar-refractivity contribution in [2.24, 2.45) is 0 Å². The summed E-state index contributed by atoms with van der Waals surface area (Å²) in [7, 11) is 0. The average molecular weight is 612 g/mol. The van der Waals surface area contributed by atoms with E-state index in [9.17, 15) is 9.59 Å². The summed E-state index contributed by atoms with van der Waals surface area (Å²) in [5.74, 6) is 1.05. The number of carbonyl (C=O) groups is 1. The van der Waals surface area contributed by atoms with Crippen LogP contribution in [-0.2, 0) is 17.8 Å². The molecule has 6 rings (SSSR count). The fourth-order valence-corrected chi connectivity index (χ4v) is 6.38. The van der Waals surface area contributed by atoms with Crippen molar-refractivity contribution in [3.63, 3.8) is 0 Å². The van der Waals surface area contributed by atoms with Gasteiger partial charge in [-0.3, -0.25) is 23.5 Å². The third kappa shape index (κ3) is 6.34. The highest BCUT2D eigenvalue weighted by Gasteiger charge is 2.24. The number of amides is 1. The van der Waals surface area contributed by atoms with Gasteiger partial charge in [-0.2, -0.15) is 0 Å². The van der Waals surface area contributed by atoms with Crippen LogP contribution in [0.1, 0.15) is 36.7 Å². The molecule has 0 radical (unpaired) electrons. The molecule has 0 aliphatic carbocycles. The summed E-state index contributed by atoms with van der Waals surface area (Å²) < 4.78 is 3.49. The molecule has 0 unspecified atom stereocenters. The highest BCUT2D eigenvalue weighted by molar-refractivity contribution is 6.31. The molecule has 0 saturated carbocycles. The zero-order chi connectivity index (χ0) is 30.6. The summed E-state index contributed by atoms with van der Waals surface area (Å²) in [6.07, 6.45) is 1.58. The summed E-state index contributed by atoms with van der Waals surface area (Å²) in [6.45, 7) is 9.30. The summed E-state index contributed by atoms with van der Waals surface area (Å²) >= 11 is 6.41. The fourth-order valence-electron chi connectivity index (χ4n) is 6.19. The third-order valence-corrected chi connectivity index (χ3v) is 8.82. The maximum Gasteiger partial charge on any atom is 0.263 e. The van der Waals surface area contributed by atoms with E-state index in [4.69, 9.17) is 11.6 Å². The predicted octanol–water partition coefficient (Wildman–Crippen LogP) is 4.70. The molecule has 1 atom stereocenters. The molecular formula is C34H38ClN7O2. The van der Waals surface area contributed by atoms with Crippen molar-refractivity contribution in [1.29, 1.82) is 0 Å². The van der Waals surface area contributed by atoms with Crippen LogP contribution in [-0.4, -0.2) is 68.7 Å². The molecule has 10 heteroatoms. The van der Waals surface area contributed by atoms with Gasteiger partial charge in [0, 0.05) is 55.8 Å². The Bertz CT molecular complexity index is 1850. The van der Waals surface area contributed by atoms with Gasteiger partial charge in [0.25, 0.3) is 5.56 Å². The molecule has 1 saturated heterocycles. The zero-order valence-electron chi connectivity index (χ0n) is 25.2. The lowest BCUT2D eigenvalue weighted by atomic mass is 10.1. The van der Waals surface area contributed by atoms with E-state index in [1.807, 2.05) is 40.8 Å². The van der Waals surface area contributed by atoms with Crippen molar-refractivity contribution in [3.05, 3.63) is 105 Å². The molecule has 0 bridgehead atoms. The number of carbonyl (C=O) groups excluding carboxylic acids is 1. The minimum atomic E-state index is -0.157. The number of aromatic nitrogens is 4. The minimum absolute atomic E-state index is 0.0203. The van der Waals surface area contributed by atoms with E-state index >= 15 is 0 Å². The van der Waals surface area contributed by atoms with Crippen molar-refractivity contribution in [2.45, 2.75) is 45.7 Å². The Hall–Kier alpha value is -4.21. The van der Waals surface area contributed by atoms with E-state index in [-0.39, 0.29) is 24.4 Å². The number of hydrogen-bond donors (Lipinski definition) is 1. The van der Waals surface area contributed by atoms with Gasteiger partial charge in [-0.1, -0.05) is 54.1 Å². The Balaban J connectivity index is 1.05. The van der Waals surface area contributed by atoms with Crippen LogP contribution in [0.3, 0.4) is 0 Å². The Morgan fingerprint density at radius 2 is 1.84 bits per heavy atom. The monoisotopic (exact) mass is 611 g/mol. The maximum absolute atomic E-state index is 13.5. The number of rotatable bonds is 10. The van der Waals surface area contributed by atoms with Crippen LogP contribution in [0.4, 0.5) is 5.69 Å². The second kappa shape index (κ2) is 13.2. The molecular weight excluding hydrogens is 574 g/mol. The van der Waals surface area contributed by atoms with Crippen LogP contribution < -0.4 is 15.8 Å². The maximum atomic E-state index is 13.5. The topological polar surface area (TPSA) is 87.8 Å². The van der Waals surface area contributed by atoms with Crippen molar-refractivity contribution in [2.75, 3.05) is 37.6 Å². The molecule has 44 heavy (non-hydrogen) atoms. The van der Waals surface area contributed by atoms with Crippen LogP contribution in [0.15, 0.2) is 77.6 Å².